The van der Waals surface area contributed by atoms with Crippen LogP contribution in [0, 0.1) is 5.82 Å². The molecule has 1 aromatic heterocycles. The summed E-state index contributed by atoms with van der Waals surface area (Å²) in [5.74, 6) is 0.362. The third kappa shape index (κ3) is 2.16. The van der Waals surface area contributed by atoms with Crippen molar-refractivity contribution in [3.63, 3.8) is 0 Å². The summed E-state index contributed by atoms with van der Waals surface area (Å²) in [6.45, 7) is 1.32. The Hall–Kier alpha value is -2.82. The van der Waals surface area contributed by atoms with Gasteiger partial charge in [0, 0.05) is 24.0 Å². The number of carbonyl (C=O) groups is 1. The minimum atomic E-state index is -0.274. The molecule has 0 saturated carbocycles. The highest BCUT2D eigenvalue weighted by Crippen LogP contribution is 2.35. The van der Waals surface area contributed by atoms with Gasteiger partial charge in [0.1, 0.15) is 17.3 Å². The van der Waals surface area contributed by atoms with Crippen LogP contribution in [0.2, 0.25) is 0 Å². The molecule has 2 heterocycles. The van der Waals surface area contributed by atoms with Gasteiger partial charge in [-0.25, -0.2) is 4.39 Å². The molecule has 0 radical (unpaired) electrons. The lowest BCUT2D eigenvalue weighted by Gasteiger charge is -2.18. The standard InChI is InChI=1S/C18H15FN2O2/c1-23-14-8-12-9-16-18(22)20-6-7-21(16)17(12)15(10-14)11-2-4-13(19)5-3-11/h2-5,8-10H,6-7H2,1H3,(H,20,22). The monoisotopic (exact) mass is 310 g/mol. The van der Waals surface area contributed by atoms with Crippen molar-refractivity contribution in [2.75, 3.05) is 13.7 Å². The molecular formula is C18H15FN2O2. The summed E-state index contributed by atoms with van der Waals surface area (Å²) in [4.78, 5) is 12.1. The molecule has 2 aromatic carbocycles. The van der Waals surface area contributed by atoms with E-state index < -0.39 is 0 Å². The average Bonchev–Trinajstić information content (AvgIpc) is 2.95. The quantitative estimate of drug-likeness (QED) is 0.790. The maximum absolute atomic E-state index is 13.2. The molecule has 1 amide bonds. The third-order valence-corrected chi connectivity index (χ3v) is 4.21. The number of rotatable bonds is 2. The van der Waals surface area contributed by atoms with Crippen LogP contribution in [-0.4, -0.2) is 24.1 Å². The van der Waals surface area contributed by atoms with Crippen molar-refractivity contribution in [2.24, 2.45) is 0 Å². The molecule has 0 fully saturated rings. The zero-order chi connectivity index (χ0) is 16.0. The fourth-order valence-corrected chi connectivity index (χ4v) is 3.15. The summed E-state index contributed by atoms with van der Waals surface area (Å²) in [6, 6.07) is 12.1. The fourth-order valence-electron chi connectivity index (χ4n) is 3.15. The molecule has 23 heavy (non-hydrogen) atoms. The van der Waals surface area contributed by atoms with E-state index in [1.807, 2.05) is 22.8 Å². The maximum atomic E-state index is 13.2. The molecule has 3 aromatic rings. The van der Waals surface area contributed by atoms with E-state index in [2.05, 4.69) is 5.32 Å². The normalized spacial score (nSPS) is 13.7. The molecule has 0 saturated heterocycles. The number of benzene rings is 2. The Morgan fingerprint density at radius 1 is 1.17 bits per heavy atom. The first-order valence-corrected chi connectivity index (χ1v) is 7.43. The molecule has 1 aliphatic rings. The Bertz CT molecular complexity index is 913. The molecule has 0 aliphatic carbocycles. The molecule has 0 atom stereocenters. The van der Waals surface area contributed by atoms with Gasteiger partial charge in [-0.3, -0.25) is 4.79 Å². The Labute approximate surface area is 132 Å². The molecule has 4 nitrogen and oxygen atoms in total. The SMILES string of the molecule is COc1cc(-c2ccc(F)cc2)c2c(c1)cc1n2CCNC1=O. The van der Waals surface area contributed by atoms with Gasteiger partial charge in [0.05, 0.1) is 12.6 Å². The topological polar surface area (TPSA) is 43.3 Å². The van der Waals surface area contributed by atoms with Crippen molar-refractivity contribution in [3.8, 4) is 16.9 Å². The van der Waals surface area contributed by atoms with Crippen molar-refractivity contribution in [1.82, 2.24) is 9.88 Å². The largest absolute Gasteiger partial charge is 0.497 e. The smallest absolute Gasteiger partial charge is 0.268 e. The number of amides is 1. The average molecular weight is 310 g/mol. The van der Waals surface area contributed by atoms with Crippen molar-refractivity contribution >= 4 is 16.8 Å². The van der Waals surface area contributed by atoms with E-state index >= 15 is 0 Å². The van der Waals surface area contributed by atoms with Crippen LogP contribution >= 0.6 is 0 Å². The summed E-state index contributed by atoms with van der Waals surface area (Å²) in [5, 5.41) is 3.79. The van der Waals surface area contributed by atoms with Crippen LogP contribution in [0.3, 0.4) is 0 Å². The molecule has 116 valence electrons. The highest BCUT2D eigenvalue weighted by atomic mass is 19.1. The van der Waals surface area contributed by atoms with Crippen LogP contribution in [0.25, 0.3) is 22.0 Å². The summed E-state index contributed by atoms with van der Waals surface area (Å²) in [5.41, 5.74) is 3.44. The van der Waals surface area contributed by atoms with Crippen molar-refractivity contribution in [1.29, 1.82) is 0 Å². The van der Waals surface area contributed by atoms with Crippen LogP contribution < -0.4 is 10.1 Å². The van der Waals surface area contributed by atoms with E-state index in [4.69, 9.17) is 4.74 Å². The number of carbonyl (C=O) groups excluding carboxylic acids is 1. The Kier molecular flexibility index (Phi) is 3.08. The number of halogens is 1. The maximum Gasteiger partial charge on any atom is 0.268 e. The Morgan fingerprint density at radius 2 is 1.96 bits per heavy atom. The second-order valence-electron chi connectivity index (χ2n) is 5.56. The number of hydrogen-bond acceptors (Lipinski definition) is 2. The highest BCUT2D eigenvalue weighted by Gasteiger charge is 2.22. The number of fused-ring (bicyclic) bond motifs is 3. The minimum absolute atomic E-state index is 0.0727. The van der Waals surface area contributed by atoms with Gasteiger partial charge in [-0.2, -0.15) is 0 Å². The fraction of sp³-hybridized carbons (Fsp3) is 0.167. The zero-order valence-electron chi connectivity index (χ0n) is 12.6. The van der Waals surface area contributed by atoms with E-state index in [1.54, 1.807) is 19.2 Å². The summed E-state index contributed by atoms with van der Waals surface area (Å²) < 4.78 is 20.6. The van der Waals surface area contributed by atoms with Gasteiger partial charge in [-0.05, 0) is 35.9 Å². The Balaban J connectivity index is 2.05. The highest BCUT2D eigenvalue weighted by molar-refractivity contribution is 6.04. The first kappa shape index (κ1) is 13.8. The predicted molar refractivity (Wildman–Crippen MR) is 86.2 cm³/mol. The van der Waals surface area contributed by atoms with Gasteiger partial charge >= 0.3 is 0 Å². The number of aromatic nitrogens is 1. The van der Waals surface area contributed by atoms with E-state index in [0.717, 1.165) is 22.0 Å². The van der Waals surface area contributed by atoms with E-state index in [-0.39, 0.29) is 11.7 Å². The van der Waals surface area contributed by atoms with E-state index in [1.165, 1.54) is 12.1 Å². The van der Waals surface area contributed by atoms with Gasteiger partial charge < -0.3 is 14.6 Å². The van der Waals surface area contributed by atoms with Crippen molar-refractivity contribution < 1.29 is 13.9 Å². The summed E-state index contributed by atoms with van der Waals surface area (Å²) in [7, 11) is 1.61. The van der Waals surface area contributed by atoms with Crippen LogP contribution in [0.5, 0.6) is 5.75 Å². The van der Waals surface area contributed by atoms with Gasteiger partial charge in [-0.1, -0.05) is 12.1 Å². The molecule has 0 unspecified atom stereocenters. The molecular weight excluding hydrogens is 295 g/mol. The van der Waals surface area contributed by atoms with Gasteiger partial charge in [0.15, 0.2) is 0 Å². The van der Waals surface area contributed by atoms with Crippen molar-refractivity contribution in [3.05, 3.63) is 54.0 Å². The molecule has 0 bridgehead atoms. The number of nitrogens with one attached hydrogen (secondary N) is 1. The second kappa shape index (κ2) is 5.12. The minimum Gasteiger partial charge on any atom is -0.497 e. The lowest BCUT2D eigenvalue weighted by molar-refractivity contribution is 0.0929. The second-order valence-corrected chi connectivity index (χ2v) is 5.56. The molecule has 5 heteroatoms. The predicted octanol–water partition coefficient (Wildman–Crippen LogP) is 3.20. The summed E-state index contributed by atoms with van der Waals surface area (Å²) in [6.07, 6.45) is 0. The number of ether oxygens (including phenoxy) is 1. The molecule has 4 rings (SSSR count). The van der Waals surface area contributed by atoms with Crippen LogP contribution in [0.15, 0.2) is 42.5 Å². The first-order valence-electron chi connectivity index (χ1n) is 7.43. The summed E-state index contributed by atoms with van der Waals surface area (Å²) >= 11 is 0. The molecule has 1 aliphatic heterocycles. The first-order chi connectivity index (χ1) is 11.2. The van der Waals surface area contributed by atoms with Crippen LogP contribution in [-0.2, 0) is 6.54 Å². The van der Waals surface area contributed by atoms with Crippen LogP contribution in [0.1, 0.15) is 10.5 Å². The van der Waals surface area contributed by atoms with Gasteiger partial charge in [0.25, 0.3) is 5.91 Å². The van der Waals surface area contributed by atoms with E-state index in [9.17, 15) is 9.18 Å². The van der Waals surface area contributed by atoms with Gasteiger partial charge in [-0.15, -0.1) is 0 Å². The lowest BCUT2D eigenvalue weighted by atomic mass is 10.0. The van der Waals surface area contributed by atoms with Crippen molar-refractivity contribution in [2.45, 2.75) is 6.54 Å². The van der Waals surface area contributed by atoms with Gasteiger partial charge in [0.2, 0.25) is 0 Å². The lowest BCUT2D eigenvalue weighted by Crippen LogP contribution is -2.34. The van der Waals surface area contributed by atoms with Crippen LogP contribution in [0.4, 0.5) is 4.39 Å². The molecule has 1 N–H and O–H groups in total. The zero-order valence-corrected chi connectivity index (χ0v) is 12.6. The number of hydrogen-bond donors (Lipinski definition) is 1. The number of nitrogens with zero attached hydrogens (tertiary/aromatic N) is 1. The van der Waals surface area contributed by atoms with E-state index in [0.29, 0.717) is 24.5 Å². The Morgan fingerprint density at radius 3 is 2.70 bits per heavy atom. The third-order valence-electron chi connectivity index (χ3n) is 4.21. The number of methoxy groups -OCH3 is 1. The molecule has 0 spiro atoms.